The van der Waals surface area contributed by atoms with Crippen molar-refractivity contribution in [1.29, 1.82) is 5.26 Å². The Hall–Kier alpha value is -2.31. The number of hydrogen-bond donors (Lipinski definition) is 1. The second-order valence-electron chi connectivity index (χ2n) is 6.54. The van der Waals surface area contributed by atoms with E-state index in [0.717, 1.165) is 0 Å². The lowest BCUT2D eigenvalue weighted by Gasteiger charge is -2.37. The molecule has 2 aliphatic rings. The Balaban J connectivity index is 1.55. The molecule has 0 unspecified atom stereocenters. The summed E-state index contributed by atoms with van der Waals surface area (Å²) in [7, 11) is -1.41. The second-order valence-corrected chi connectivity index (χ2v) is 8.77. The van der Waals surface area contributed by atoms with Crippen LogP contribution in [0.25, 0.3) is 0 Å². The van der Waals surface area contributed by atoms with Gasteiger partial charge in [0.25, 0.3) is 0 Å². The van der Waals surface area contributed by atoms with Crippen molar-refractivity contribution in [3.8, 4) is 11.8 Å². The summed E-state index contributed by atoms with van der Waals surface area (Å²) in [6.07, 6.45) is 0.678. The van der Waals surface area contributed by atoms with Gasteiger partial charge in [0.1, 0.15) is 11.8 Å². The number of rotatable bonds is 3. The first-order chi connectivity index (χ1) is 12.4. The standard InChI is InChI=1S/C17H22N4O4S/c1-25-16-3-2-14(10-13(16)11-18)19-17(22)21-7-5-20(6-8-21)15-4-9-26(23,24)12-15/h2-3,10,15H,4-9,12H2,1H3,(H,19,22)/t15-/m1/s1. The fraction of sp³-hybridized carbons (Fsp3) is 0.529. The lowest BCUT2D eigenvalue weighted by Crippen LogP contribution is -2.53. The van der Waals surface area contributed by atoms with E-state index in [4.69, 9.17) is 10.00 Å². The molecule has 26 heavy (non-hydrogen) atoms. The lowest BCUT2D eigenvalue weighted by molar-refractivity contribution is 0.121. The molecular weight excluding hydrogens is 356 g/mol. The summed E-state index contributed by atoms with van der Waals surface area (Å²) in [5.41, 5.74) is 0.897. The summed E-state index contributed by atoms with van der Waals surface area (Å²) in [6.45, 7) is 2.42. The van der Waals surface area contributed by atoms with E-state index in [1.54, 1.807) is 23.1 Å². The minimum atomic E-state index is -2.90. The molecule has 0 aliphatic carbocycles. The number of carbonyl (C=O) groups is 1. The van der Waals surface area contributed by atoms with E-state index >= 15 is 0 Å². The molecule has 3 rings (SSSR count). The number of anilines is 1. The van der Waals surface area contributed by atoms with Crippen molar-refractivity contribution in [2.24, 2.45) is 0 Å². The van der Waals surface area contributed by atoms with E-state index in [1.165, 1.54) is 7.11 Å². The predicted octanol–water partition coefficient (Wildman–Crippen LogP) is 0.903. The van der Waals surface area contributed by atoms with Gasteiger partial charge in [0.15, 0.2) is 9.84 Å². The average molecular weight is 378 g/mol. The maximum absolute atomic E-state index is 12.4. The van der Waals surface area contributed by atoms with Gasteiger partial charge in [0.2, 0.25) is 0 Å². The van der Waals surface area contributed by atoms with Gasteiger partial charge in [-0.2, -0.15) is 5.26 Å². The third-order valence-corrected chi connectivity index (χ3v) is 6.65. The highest BCUT2D eigenvalue weighted by Crippen LogP contribution is 2.23. The Labute approximate surface area is 153 Å². The summed E-state index contributed by atoms with van der Waals surface area (Å²) in [6, 6.07) is 6.80. The Morgan fingerprint density at radius 2 is 2.04 bits per heavy atom. The Morgan fingerprint density at radius 1 is 1.31 bits per heavy atom. The molecular formula is C17H22N4O4S. The summed E-state index contributed by atoms with van der Waals surface area (Å²) in [5, 5.41) is 11.9. The predicted molar refractivity (Wildman–Crippen MR) is 96.9 cm³/mol. The van der Waals surface area contributed by atoms with Crippen LogP contribution >= 0.6 is 0 Å². The molecule has 8 nitrogen and oxygen atoms in total. The Kier molecular flexibility index (Phi) is 5.34. The highest BCUT2D eigenvalue weighted by atomic mass is 32.2. The number of nitriles is 1. The number of ether oxygens (including phenoxy) is 1. The number of piperazine rings is 1. The van der Waals surface area contributed by atoms with Crippen LogP contribution in [0.15, 0.2) is 18.2 Å². The van der Waals surface area contributed by atoms with Gasteiger partial charge in [-0.25, -0.2) is 13.2 Å². The molecule has 2 amide bonds. The van der Waals surface area contributed by atoms with Crippen molar-refractivity contribution in [3.05, 3.63) is 23.8 Å². The summed E-state index contributed by atoms with van der Waals surface area (Å²) in [5.74, 6) is 0.949. The molecule has 9 heteroatoms. The molecule has 0 radical (unpaired) electrons. The number of nitrogens with one attached hydrogen (secondary N) is 1. The number of hydrogen-bond acceptors (Lipinski definition) is 6. The zero-order valence-electron chi connectivity index (χ0n) is 14.6. The van der Waals surface area contributed by atoms with Crippen molar-refractivity contribution in [1.82, 2.24) is 9.80 Å². The third-order valence-electron chi connectivity index (χ3n) is 4.90. The van der Waals surface area contributed by atoms with Crippen molar-refractivity contribution >= 4 is 21.6 Å². The highest BCUT2D eigenvalue weighted by molar-refractivity contribution is 7.91. The van der Waals surface area contributed by atoms with E-state index in [0.29, 0.717) is 49.6 Å². The van der Waals surface area contributed by atoms with Gasteiger partial charge in [-0.15, -0.1) is 0 Å². The van der Waals surface area contributed by atoms with Crippen LogP contribution in [0.4, 0.5) is 10.5 Å². The zero-order valence-corrected chi connectivity index (χ0v) is 15.5. The number of nitrogens with zero attached hydrogens (tertiary/aromatic N) is 3. The molecule has 1 atom stereocenters. The minimum absolute atomic E-state index is 0.0741. The van der Waals surface area contributed by atoms with E-state index in [9.17, 15) is 13.2 Å². The normalized spacial score (nSPS) is 22.6. The fourth-order valence-electron chi connectivity index (χ4n) is 3.43. The number of methoxy groups -OCH3 is 1. The Bertz CT molecular complexity index is 826. The average Bonchev–Trinajstić information content (AvgIpc) is 3.01. The van der Waals surface area contributed by atoms with Gasteiger partial charge in [-0.1, -0.05) is 0 Å². The van der Waals surface area contributed by atoms with Crippen molar-refractivity contribution in [2.45, 2.75) is 12.5 Å². The molecule has 2 saturated heterocycles. The first-order valence-electron chi connectivity index (χ1n) is 8.50. The summed E-state index contributed by atoms with van der Waals surface area (Å²) in [4.78, 5) is 16.3. The second kappa shape index (κ2) is 7.51. The molecule has 2 fully saturated rings. The van der Waals surface area contributed by atoms with Crippen molar-refractivity contribution < 1.29 is 17.9 Å². The van der Waals surface area contributed by atoms with Gasteiger partial charge in [0.05, 0.1) is 24.2 Å². The molecule has 0 spiro atoms. The molecule has 2 aliphatic heterocycles. The van der Waals surface area contributed by atoms with E-state index < -0.39 is 9.84 Å². The number of amides is 2. The summed E-state index contributed by atoms with van der Waals surface area (Å²) < 4.78 is 28.3. The number of sulfone groups is 1. The zero-order chi connectivity index (χ0) is 18.7. The van der Waals surface area contributed by atoms with Gasteiger partial charge in [-0.05, 0) is 24.6 Å². The fourth-order valence-corrected chi connectivity index (χ4v) is 5.19. The van der Waals surface area contributed by atoms with Gasteiger partial charge in [-0.3, -0.25) is 4.90 Å². The van der Waals surface area contributed by atoms with Gasteiger partial charge >= 0.3 is 6.03 Å². The van der Waals surface area contributed by atoms with Crippen LogP contribution in [0, 0.1) is 11.3 Å². The van der Waals surface area contributed by atoms with Gasteiger partial charge < -0.3 is 15.0 Å². The first kappa shape index (κ1) is 18.5. The first-order valence-corrected chi connectivity index (χ1v) is 10.3. The number of urea groups is 1. The largest absolute Gasteiger partial charge is 0.495 e. The SMILES string of the molecule is COc1ccc(NC(=O)N2CCN([C@@H]3CCS(=O)(=O)C3)CC2)cc1C#N. The molecule has 1 aromatic rings. The van der Waals surface area contributed by atoms with Crippen LogP contribution < -0.4 is 10.1 Å². The van der Waals surface area contributed by atoms with E-state index in [-0.39, 0.29) is 23.6 Å². The maximum Gasteiger partial charge on any atom is 0.321 e. The van der Waals surface area contributed by atoms with Crippen LogP contribution in [-0.4, -0.2) is 75.1 Å². The van der Waals surface area contributed by atoms with E-state index in [1.807, 2.05) is 6.07 Å². The molecule has 2 heterocycles. The van der Waals surface area contributed by atoms with E-state index in [2.05, 4.69) is 10.2 Å². The van der Waals surface area contributed by atoms with Crippen LogP contribution in [0.5, 0.6) is 5.75 Å². The summed E-state index contributed by atoms with van der Waals surface area (Å²) >= 11 is 0. The van der Waals surface area contributed by atoms with Crippen molar-refractivity contribution in [3.63, 3.8) is 0 Å². The lowest BCUT2D eigenvalue weighted by atomic mass is 10.2. The van der Waals surface area contributed by atoms with Crippen LogP contribution in [0.3, 0.4) is 0 Å². The monoisotopic (exact) mass is 378 g/mol. The number of carbonyl (C=O) groups excluding carboxylic acids is 1. The maximum atomic E-state index is 12.4. The number of benzene rings is 1. The van der Waals surface area contributed by atoms with Crippen LogP contribution in [0.1, 0.15) is 12.0 Å². The molecule has 0 saturated carbocycles. The Morgan fingerprint density at radius 3 is 2.62 bits per heavy atom. The van der Waals surface area contributed by atoms with Crippen molar-refractivity contribution in [2.75, 3.05) is 50.1 Å². The molecule has 1 N–H and O–H groups in total. The van der Waals surface area contributed by atoms with Gasteiger partial charge in [0, 0.05) is 37.9 Å². The van der Waals surface area contributed by atoms with Crippen LogP contribution in [0.2, 0.25) is 0 Å². The molecule has 140 valence electrons. The third kappa shape index (κ3) is 4.08. The molecule has 1 aromatic carbocycles. The quantitative estimate of drug-likeness (QED) is 0.838. The molecule has 0 bridgehead atoms. The minimum Gasteiger partial charge on any atom is -0.495 e. The topological polar surface area (TPSA) is 103 Å². The van der Waals surface area contributed by atoms with Crippen LogP contribution in [-0.2, 0) is 9.84 Å². The molecule has 0 aromatic heterocycles. The highest BCUT2D eigenvalue weighted by Gasteiger charge is 2.34. The smallest absolute Gasteiger partial charge is 0.321 e.